The molecule has 0 aromatic heterocycles. The number of nitrogens with one attached hydrogen (secondary N) is 1. The molecule has 18 heavy (non-hydrogen) atoms. The summed E-state index contributed by atoms with van der Waals surface area (Å²) in [5, 5.41) is 3.25. The highest BCUT2D eigenvalue weighted by atomic mass is 16.5. The summed E-state index contributed by atoms with van der Waals surface area (Å²) in [7, 11) is 3.68. The van der Waals surface area contributed by atoms with Crippen molar-refractivity contribution in [1.82, 2.24) is 5.32 Å². The summed E-state index contributed by atoms with van der Waals surface area (Å²) >= 11 is 0. The fourth-order valence-electron chi connectivity index (χ4n) is 2.05. The van der Waals surface area contributed by atoms with Crippen molar-refractivity contribution >= 4 is 0 Å². The fraction of sp³-hybridized carbons (Fsp3) is 0.250. The lowest BCUT2D eigenvalue weighted by Crippen LogP contribution is -2.20. The Morgan fingerprint density at radius 3 is 2.11 bits per heavy atom. The molecular formula is C16H19NO. The second-order valence-corrected chi connectivity index (χ2v) is 4.28. The van der Waals surface area contributed by atoms with Crippen molar-refractivity contribution in [1.29, 1.82) is 0 Å². The standard InChI is InChI=1S/C16H19NO/c1-17-16(12-18-2)15-10-8-14(9-11-15)13-6-4-3-5-7-13/h3-11,16-17H,12H2,1-2H3. The van der Waals surface area contributed by atoms with E-state index in [1.54, 1.807) is 7.11 Å². The summed E-state index contributed by atoms with van der Waals surface area (Å²) in [5.41, 5.74) is 3.74. The number of benzene rings is 2. The zero-order valence-corrected chi connectivity index (χ0v) is 10.9. The van der Waals surface area contributed by atoms with E-state index in [2.05, 4.69) is 53.8 Å². The maximum atomic E-state index is 5.20. The molecule has 0 fully saturated rings. The van der Waals surface area contributed by atoms with Gasteiger partial charge in [-0.15, -0.1) is 0 Å². The van der Waals surface area contributed by atoms with Crippen LogP contribution in [0, 0.1) is 0 Å². The number of likely N-dealkylation sites (N-methyl/N-ethyl adjacent to an activating group) is 1. The van der Waals surface area contributed by atoms with Crippen LogP contribution >= 0.6 is 0 Å². The van der Waals surface area contributed by atoms with Gasteiger partial charge in [-0.25, -0.2) is 0 Å². The zero-order chi connectivity index (χ0) is 12.8. The van der Waals surface area contributed by atoms with Crippen molar-refractivity contribution in [3.05, 3.63) is 60.2 Å². The molecule has 0 aliphatic carbocycles. The van der Waals surface area contributed by atoms with Crippen LogP contribution in [0.2, 0.25) is 0 Å². The summed E-state index contributed by atoms with van der Waals surface area (Å²) in [6, 6.07) is 19.3. The first-order chi connectivity index (χ1) is 8.85. The predicted octanol–water partition coefficient (Wildman–Crippen LogP) is 3.26. The summed E-state index contributed by atoms with van der Waals surface area (Å²) in [4.78, 5) is 0. The maximum Gasteiger partial charge on any atom is 0.0657 e. The van der Waals surface area contributed by atoms with E-state index in [4.69, 9.17) is 4.74 Å². The summed E-state index contributed by atoms with van der Waals surface area (Å²) in [6.07, 6.45) is 0. The van der Waals surface area contributed by atoms with Crippen molar-refractivity contribution in [3.8, 4) is 11.1 Å². The Bertz CT molecular complexity index is 464. The van der Waals surface area contributed by atoms with Crippen molar-refractivity contribution in [3.63, 3.8) is 0 Å². The molecule has 0 saturated heterocycles. The number of rotatable bonds is 5. The normalized spacial score (nSPS) is 12.3. The number of hydrogen-bond donors (Lipinski definition) is 1. The molecule has 0 saturated carbocycles. The molecule has 2 nitrogen and oxygen atoms in total. The van der Waals surface area contributed by atoms with Crippen molar-refractivity contribution < 1.29 is 4.74 Å². The first-order valence-corrected chi connectivity index (χ1v) is 6.16. The molecule has 0 amide bonds. The molecule has 0 radical (unpaired) electrons. The van der Waals surface area contributed by atoms with Gasteiger partial charge in [0, 0.05) is 7.11 Å². The van der Waals surface area contributed by atoms with Crippen LogP contribution in [0.4, 0.5) is 0 Å². The molecule has 0 spiro atoms. The lowest BCUT2D eigenvalue weighted by Gasteiger charge is -2.15. The molecule has 0 aliphatic heterocycles. The Balaban J connectivity index is 2.19. The summed E-state index contributed by atoms with van der Waals surface area (Å²) in [5.74, 6) is 0. The second kappa shape index (κ2) is 6.34. The van der Waals surface area contributed by atoms with Crippen LogP contribution in [-0.4, -0.2) is 20.8 Å². The van der Waals surface area contributed by atoms with Crippen LogP contribution in [-0.2, 0) is 4.74 Å². The first-order valence-electron chi connectivity index (χ1n) is 6.16. The highest BCUT2D eigenvalue weighted by molar-refractivity contribution is 5.63. The van der Waals surface area contributed by atoms with E-state index in [0.29, 0.717) is 6.61 Å². The van der Waals surface area contributed by atoms with E-state index < -0.39 is 0 Å². The van der Waals surface area contributed by atoms with Gasteiger partial charge in [-0.2, -0.15) is 0 Å². The Labute approximate surface area is 109 Å². The molecule has 94 valence electrons. The quantitative estimate of drug-likeness (QED) is 0.867. The molecule has 1 N–H and O–H groups in total. The van der Waals surface area contributed by atoms with E-state index in [1.165, 1.54) is 16.7 Å². The molecule has 2 aromatic carbocycles. The van der Waals surface area contributed by atoms with Crippen LogP contribution in [0.15, 0.2) is 54.6 Å². The van der Waals surface area contributed by atoms with Crippen LogP contribution in [0.25, 0.3) is 11.1 Å². The lowest BCUT2D eigenvalue weighted by molar-refractivity contribution is 0.170. The highest BCUT2D eigenvalue weighted by Gasteiger charge is 2.08. The lowest BCUT2D eigenvalue weighted by atomic mass is 10.0. The first kappa shape index (κ1) is 12.8. The molecule has 2 rings (SSSR count). The predicted molar refractivity (Wildman–Crippen MR) is 75.6 cm³/mol. The minimum absolute atomic E-state index is 0.250. The topological polar surface area (TPSA) is 21.3 Å². The van der Waals surface area contributed by atoms with Crippen LogP contribution in [0.3, 0.4) is 0 Å². The Hall–Kier alpha value is -1.64. The molecule has 0 aliphatic rings. The van der Waals surface area contributed by atoms with E-state index >= 15 is 0 Å². The number of ether oxygens (including phenoxy) is 1. The minimum Gasteiger partial charge on any atom is -0.383 e. The molecule has 2 aromatic rings. The fourth-order valence-corrected chi connectivity index (χ4v) is 2.05. The Kier molecular flexibility index (Phi) is 4.51. The van der Waals surface area contributed by atoms with Crippen LogP contribution in [0.1, 0.15) is 11.6 Å². The SMILES string of the molecule is CNC(COC)c1ccc(-c2ccccc2)cc1. The van der Waals surface area contributed by atoms with Gasteiger partial charge in [0.25, 0.3) is 0 Å². The van der Waals surface area contributed by atoms with Crippen LogP contribution in [0.5, 0.6) is 0 Å². The van der Waals surface area contributed by atoms with E-state index in [-0.39, 0.29) is 6.04 Å². The van der Waals surface area contributed by atoms with Crippen LogP contribution < -0.4 is 5.32 Å². The van der Waals surface area contributed by atoms with Crippen molar-refractivity contribution in [2.75, 3.05) is 20.8 Å². The van der Waals surface area contributed by atoms with Crippen molar-refractivity contribution in [2.24, 2.45) is 0 Å². The minimum atomic E-state index is 0.250. The molecule has 1 unspecified atom stereocenters. The number of methoxy groups -OCH3 is 1. The van der Waals surface area contributed by atoms with E-state index in [0.717, 1.165) is 0 Å². The largest absolute Gasteiger partial charge is 0.383 e. The summed E-state index contributed by atoms with van der Waals surface area (Å²) in [6.45, 7) is 0.682. The molecule has 2 heteroatoms. The smallest absolute Gasteiger partial charge is 0.0657 e. The van der Waals surface area contributed by atoms with Gasteiger partial charge < -0.3 is 10.1 Å². The Morgan fingerprint density at radius 2 is 1.56 bits per heavy atom. The molecule has 0 heterocycles. The van der Waals surface area contributed by atoms with Gasteiger partial charge in [-0.05, 0) is 23.7 Å². The van der Waals surface area contributed by atoms with Gasteiger partial charge in [-0.1, -0.05) is 54.6 Å². The van der Waals surface area contributed by atoms with E-state index in [1.807, 2.05) is 13.1 Å². The van der Waals surface area contributed by atoms with Gasteiger partial charge in [0.15, 0.2) is 0 Å². The van der Waals surface area contributed by atoms with Gasteiger partial charge in [0.2, 0.25) is 0 Å². The number of hydrogen-bond acceptors (Lipinski definition) is 2. The second-order valence-electron chi connectivity index (χ2n) is 4.28. The third kappa shape index (κ3) is 2.97. The average Bonchev–Trinajstić information content (AvgIpc) is 2.46. The van der Waals surface area contributed by atoms with Crippen molar-refractivity contribution in [2.45, 2.75) is 6.04 Å². The third-order valence-corrected chi connectivity index (χ3v) is 3.10. The van der Waals surface area contributed by atoms with E-state index in [9.17, 15) is 0 Å². The zero-order valence-electron chi connectivity index (χ0n) is 10.9. The van der Waals surface area contributed by atoms with Gasteiger partial charge in [0.05, 0.1) is 12.6 Å². The monoisotopic (exact) mass is 241 g/mol. The average molecular weight is 241 g/mol. The van der Waals surface area contributed by atoms with Gasteiger partial charge >= 0.3 is 0 Å². The highest BCUT2D eigenvalue weighted by Crippen LogP contribution is 2.21. The Morgan fingerprint density at radius 1 is 0.944 bits per heavy atom. The molecular weight excluding hydrogens is 222 g/mol. The molecule has 0 bridgehead atoms. The summed E-state index contributed by atoms with van der Waals surface area (Å²) < 4.78 is 5.20. The third-order valence-electron chi connectivity index (χ3n) is 3.10. The van der Waals surface area contributed by atoms with Gasteiger partial charge in [0.1, 0.15) is 0 Å². The molecule has 1 atom stereocenters. The maximum absolute atomic E-state index is 5.20. The van der Waals surface area contributed by atoms with Gasteiger partial charge in [-0.3, -0.25) is 0 Å².